The molecule has 3 heterocycles. The molecule has 9 heteroatoms. The third-order valence-corrected chi connectivity index (χ3v) is 5.48. The lowest BCUT2D eigenvalue weighted by Crippen LogP contribution is -2.39. The van der Waals surface area contributed by atoms with Crippen LogP contribution in [-0.2, 0) is 4.74 Å². The minimum Gasteiger partial charge on any atom is -0.481 e. The number of hydrogen-bond acceptors (Lipinski definition) is 7. The van der Waals surface area contributed by atoms with E-state index >= 15 is 0 Å². The molecule has 0 unspecified atom stereocenters. The summed E-state index contributed by atoms with van der Waals surface area (Å²) >= 11 is 0. The van der Waals surface area contributed by atoms with Gasteiger partial charge in [0, 0.05) is 30.5 Å². The number of carbonyl (C=O) groups excluding carboxylic acids is 1. The van der Waals surface area contributed by atoms with Gasteiger partial charge in [0.05, 0.1) is 24.5 Å². The zero-order chi connectivity index (χ0) is 21.1. The number of nitrogen functional groups attached to an aromatic ring is 1. The van der Waals surface area contributed by atoms with Crippen LogP contribution in [-0.4, -0.2) is 51.4 Å². The number of amides is 1. The molecule has 1 aliphatic carbocycles. The molecule has 1 saturated carbocycles. The number of nitrogens with two attached hydrogens (primary N) is 1. The maximum atomic E-state index is 13.2. The van der Waals surface area contributed by atoms with Crippen LogP contribution < -0.4 is 15.8 Å². The summed E-state index contributed by atoms with van der Waals surface area (Å²) in [6.07, 6.45) is 6.99. The van der Waals surface area contributed by atoms with E-state index in [9.17, 15) is 4.79 Å². The average molecular weight is 410 g/mol. The van der Waals surface area contributed by atoms with Gasteiger partial charge in [-0.1, -0.05) is 0 Å². The van der Waals surface area contributed by atoms with Crippen LogP contribution in [0.25, 0.3) is 16.8 Å². The number of nitrogens with one attached hydrogen (secondary N) is 1. The number of anilines is 1. The van der Waals surface area contributed by atoms with Crippen LogP contribution >= 0.6 is 0 Å². The number of fused-ring (bicyclic) bond motifs is 1. The zero-order valence-electron chi connectivity index (χ0n) is 17.2. The lowest BCUT2D eigenvalue weighted by Gasteiger charge is -2.28. The molecule has 30 heavy (non-hydrogen) atoms. The summed E-state index contributed by atoms with van der Waals surface area (Å²) in [4.78, 5) is 21.4. The van der Waals surface area contributed by atoms with Gasteiger partial charge in [0.2, 0.25) is 5.88 Å². The fourth-order valence-corrected chi connectivity index (χ4v) is 4.00. The quantitative estimate of drug-likeness (QED) is 0.641. The third-order valence-electron chi connectivity index (χ3n) is 5.48. The Morgan fingerprint density at radius 3 is 2.80 bits per heavy atom. The average Bonchev–Trinajstić information content (AvgIpc) is 3.17. The highest BCUT2D eigenvalue weighted by molar-refractivity contribution is 6.05. The molecular weight excluding hydrogens is 384 g/mol. The van der Waals surface area contributed by atoms with E-state index in [1.165, 1.54) is 6.33 Å². The highest BCUT2D eigenvalue weighted by Gasteiger charge is 2.26. The van der Waals surface area contributed by atoms with E-state index in [1.807, 2.05) is 13.0 Å². The van der Waals surface area contributed by atoms with Crippen molar-refractivity contribution in [3.63, 3.8) is 0 Å². The summed E-state index contributed by atoms with van der Waals surface area (Å²) in [5.41, 5.74) is 8.59. The molecule has 0 aromatic carbocycles. The van der Waals surface area contributed by atoms with Gasteiger partial charge in [0.15, 0.2) is 5.82 Å². The van der Waals surface area contributed by atoms with Gasteiger partial charge >= 0.3 is 0 Å². The highest BCUT2D eigenvalue weighted by atomic mass is 16.5. The maximum Gasteiger partial charge on any atom is 0.253 e. The summed E-state index contributed by atoms with van der Waals surface area (Å²) in [6.45, 7) is 2.73. The number of hydrogen-bond donors (Lipinski definition) is 2. The smallest absolute Gasteiger partial charge is 0.253 e. The second-order valence-corrected chi connectivity index (χ2v) is 7.34. The van der Waals surface area contributed by atoms with Crippen molar-refractivity contribution in [2.75, 3.05) is 19.5 Å². The van der Waals surface area contributed by atoms with Crippen LogP contribution in [0, 0.1) is 0 Å². The van der Waals surface area contributed by atoms with Crippen LogP contribution in [0.3, 0.4) is 0 Å². The topological polar surface area (TPSA) is 117 Å². The molecular formula is C21H26N6O3. The fraction of sp³-hybridized carbons (Fsp3) is 0.429. The number of methoxy groups -OCH3 is 1. The Hall–Kier alpha value is -3.20. The Kier molecular flexibility index (Phi) is 5.80. The van der Waals surface area contributed by atoms with Gasteiger partial charge in [-0.25, -0.2) is 14.5 Å². The van der Waals surface area contributed by atoms with Gasteiger partial charge in [-0.2, -0.15) is 5.10 Å². The van der Waals surface area contributed by atoms with E-state index in [0.717, 1.165) is 37.9 Å². The van der Waals surface area contributed by atoms with Crippen LogP contribution in [0.15, 0.2) is 30.7 Å². The van der Waals surface area contributed by atoms with Crippen LogP contribution in [0.2, 0.25) is 0 Å². The summed E-state index contributed by atoms with van der Waals surface area (Å²) in [6, 6.07) is 5.52. The zero-order valence-corrected chi connectivity index (χ0v) is 17.2. The Balaban J connectivity index is 1.63. The molecule has 158 valence electrons. The summed E-state index contributed by atoms with van der Waals surface area (Å²) < 4.78 is 12.6. The molecule has 0 saturated heterocycles. The molecule has 0 aliphatic heterocycles. The Morgan fingerprint density at radius 1 is 1.27 bits per heavy atom. The lowest BCUT2D eigenvalue weighted by atomic mass is 9.92. The van der Waals surface area contributed by atoms with Crippen molar-refractivity contribution >= 4 is 17.2 Å². The SMILES string of the molecule is CCOC1CCC(NC(=O)c2cc(-c3ccnc(OC)c3)n3ncnc(N)c23)CC1. The minimum absolute atomic E-state index is 0.111. The fourth-order valence-electron chi connectivity index (χ4n) is 4.00. The van der Waals surface area contributed by atoms with E-state index in [-0.39, 0.29) is 23.9 Å². The molecule has 3 aromatic heterocycles. The largest absolute Gasteiger partial charge is 0.481 e. The minimum atomic E-state index is -0.180. The Bertz CT molecular complexity index is 1040. The van der Waals surface area contributed by atoms with Gasteiger partial charge in [-0.05, 0) is 44.7 Å². The van der Waals surface area contributed by atoms with Gasteiger partial charge < -0.3 is 20.5 Å². The normalized spacial score (nSPS) is 19.0. The second-order valence-electron chi connectivity index (χ2n) is 7.34. The molecule has 1 amide bonds. The van der Waals surface area contributed by atoms with Crippen molar-refractivity contribution in [1.82, 2.24) is 24.9 Å². The molecule has 3 N–H and O–H groups in total. The molecule has 9 nitrogen and oxygen atoms in total. The monoisotopic (exact) mass is 410 g/mol. The van der Waals surface area contributed by atoms with E-state index in [1.54, 1.807) is 30.0 Å². The van der Waals surface area contributed by atoms with Gasteiger partial charge in [-0.15, -0.1) is 0 Å². The molecule has 4 rings (SSSR count). The summed E-state index contributed by atoms with van der Waals surface area (Å²) in [5, 5.41) is 7.47. The number of ether oxygens (including phenoxy) is 2. The van der Waals surface area contributed by atoms with Crippen molar-refractivity contribution in [2.45, 2.75) is 44.8 Å². The van der Waals surface area contributed by atoms with Crippen molar-refractivity contribution in [1.29, 1.82) is 0 Å². The standard InChI is InChI=1S/C21H26N6O3/c1-3-30-15-6-4-14(5-7-15)26-21(28)16-11-17(13-8-9-23-18(10-13)29-2)27-19(16)20(22)24-12-25-27/h8-12,14-15H,3-7H2,1-2H3,(H,26,28)(H2,22,24,25). The van der Waals surface area contributed by atoms with Crippen molar-refractivity contribution < 1.29 is 14.3 Å². The Morgan fingerprint density at radius 2 is 2.07 bits per heavy atom. The molecule has 0 atom stereocenters. The van der Waals surface area contributed by atoms with E-state index in [4.69, 9.17) is 15.2 Å². The number of carbonyl (C=O) groups is 1. The first-order valence-electron chi connectivity index (χ1n) is 10.2. The van der Waals surface area contributed by atoms with E-state index < -0.39 is 0 Å². The predicted molar refractivity (Wildman–Crippen MR) is 112 cm³/mol. The number of aromatic nitrogens is 4. The van der Waals surface area contributed by atoms with Crippen molar-refractivity contribution in [3.8, 4) is 17.1 Å². The van der Waals surface area contributed by atoms with Crippen molar-refractivity contribution in [3.05, 3.63) is 36.3 Å². The van der Waals surface area contributed by atoms with Crippen LogP contribution in [0.1, 0.15) is 43.0 Å². The van der Waals surface area contributed by atoms with E-state index in [2.05, 4.69) is 20.4 Å². The first-order chi connectivity index (χ1) is 14.6. The molecule has 0 spiro atoms. The molecule has 1 aliphatic rings. The molecule has 3 aromatic rings. The lowest BCUT2D eigenvalue weighted by molar-refractivity contribution is 0.0300. The predicted octanol–water partition coefficient (Wildman–Crippen LogP) is 2.46. The first-order valence-corrected chi connectivity index (χ1v) is 10.2. The van der Waals surface area contributed by atoms with Gasteiger partial charge in [0.25, 0.3) is 5.91 Å². The first kappa shape index (κ1) is 20.1. The molecule has 1 fully saturated rings. The van der Waals surface area contributed by atoms with E-state index in [0.29, 0.717) is 22.7 Å². The highest BCUT2D eigenvalue weighted by Crippen LogP contribution is 2.29. The number of nitrogens with zero attached hydrogens (tertiary/aromatic N) is 4. The van der Waals surface area contributed by atoms with Gasteiger partial charge in [0.1, 0.15) is 11.8 Å². The van der Waals surface area contributed by atoms with Crippen LogP contribution in [0.4, 0.5) is 5.82 Å². The summed E-state index contributed by atoms with van der Waals surface area (Å²) in [5.74, 6) is 0.546. The number of rotatable bonds is 6. The van der Waals surface area contributed by atoms with Crippen molar-refractivity contribution in [2.24, 2.45) is 0 Å². The molecule has 0 bridgehead atoms. The summed E-state index contributed by atoms with van der Waals surface area (Å²) in [7, 11) is 1.56. The van der Waals surface area contributed by atoms with Gasteiger partial charge in [-0.3, -0.25) is 4.79 Å². The van der Waals surface area contributed by atoms with Crippen LogP contribution in [0.5, 0.6) is 5.88 Å². The third kappa shape index (κ3) is 3.93. The number of pyridine rings is 1. The molecule has 0 radical (unpaired) electrons. The maximum absolute atomic E-state index is 13.2. The Labute approximate surface area is 174 Å². The second kappa shape index (κ2) is 8.66.